The molecule has 0 aliphatic carbocycles. The van der Waals surface area contributed by atoms with Gasteiger partial charge in [0, 0.05) is 31.7 Å². The normalized spacial score (nSPS) is 33.4. The lowest BCUT2D eigenvalue weighted by atomic mass is 9.83. The van der Waals surface area contributed by atoms with Gasteiger partial charge in [-0.15, -0.1) is 0 Å². The number of rotatable bonds is 5. The quantitative estimate of drug-likeness (QED) is 0.829. The number of hydrogen-bond acceptors (Lipinski definition) is 3. The van der Waals surface area contributed by atoms with Gasteiger partial charge < -0.3 is 5.11 Å². The molecule has 2 fully saturated rings. The zero-order valence-electron chi connectivity index (χ0n) is 12.6. The second-order valence-corrected chi connectivity index (χ2v) is 6.59. The van der Waals surface area contributed by atoms with Gasteiger partial charge in [0.25, 0.3) is 0 Å². The van der Waals surface area contributed by atoms with E-state index in [2.05, 4.69) is 30.6 Å². The molecule has 0 saturated carbocycles. The molecule has 0 aromatic heterocycles. The second-order valence-electron chi connectivity index (χ2n) is 6.59. The number of carboxylic acid groups (broad SMARTS) is 1. The van der Waals surface area contributed by atoms with Crippen LogP contribution in [0.1, 0.15) is 46.5 Å². The number of aliphatic carboxylic acids is 1. The summed E-state index contributed by atoms with van der Waals surface area (Å²) in [5, 5.41) is 9.56. The third kappa shape index (κ3) is 2.95. The highest BCUT2D eigenvalue weighted by molar-refractivity contribution is 5.75. The van der Waals surface area contributed by atoms with Crippen LogP contribution in [-0.2, 0) is 4.79 Å². The fourth-order valence-corrected chi connectivity index (χ4v) is 3.72. The molecule has 0 aromatic carbocycles. The lowest BCUT2D eigenvalue weighted by molar-refractivity contribution is -0.148. The summed E-state index contributed by atoms with van der Waals surface area (Å²) in [5.74, 6) is -0.587. The Bertz CT molecular complexity index is 332. The van der Waals surface area contributed by atoms with Crippen LogP contribution in [0.2, 0.25) is 0 Å². The lowest BCUT2D eigenvalue weighted by Crippen LogP contribution is -2.41. The van der Waals surface area contributed by atoms with E-state index in [9.17, 15) is 9.90 Å². The number of hydrogen-bond donors (Lipinski definition) is 1. The predicted molar refractivity (Wildman–Crippen MR) is 76.3 cm³/mol. The summed E-state index contributed by atoms with van der Waals surface area (Å²) in [6, 6.07) is 1.17. The van der Waals surface area contributed by atoms with Crippen molar-refractivity contribution in [2.75, 3.05) is 26.2 Å². The van der Waals surface area contributed by atoms with Crippen LogP contribution in [0.3, 0.4) is 0 Å². The number of likely N-dealkylation sites (tertiary alicyclic amines) is 2. The average Bonchev–Trinajstić information content (AvgIpc) is 2.95. The molecular weight excluding hydrogens is 240 g/mol. The first-order valence-corrected chi connectivity index (χ1v) is 7.70. The summed E-state index contributed by atoms with van der Waals surface area (Å²) in [5.41, 5.74) is -0.472. The molecule has 0 bridgehead atoms. The first-order chi connectivity index (χ1) is 8.98. The Morgan fingerprint density at radius 2 is 2.16 bits per heavy atom. The van der Waals surface area contributed by atoms with Gasteiger partial charge in [0.2, 0.25) is 0 Å². The van der Waals surface area contributed by atoms with E-state index in [0.29, 0.717) is 12.1 Å². The molecule has 4 nitrogen and oxygen atoms in total. The number of carboxylic acids is 1. The molecule has 1 N–H and O–H groups in total. The third-order valence-corrected chi connectivity index (χ3v) is 5.01. The topological polar surface area (TPSA) is 43.8 Å². The van der Waals surface area contributed by atoms with Crippen LogP contribution in [0.25, 0.3) is 0 Å². The van der Waals surface area contributed by atoms with Gasteiger partial charge in [-0.1, -0.05) is 13.3 Å². The predicted octanol–water partition coefficient (Wildman–Crippen LogP) is 2.05. The van der Waals surface area contributed by atoms with Crippen molar-refractivity contribution in [1.29, 1.82) is 0 Å². The van der Waals surface area contributed by atoms with E-state index in [0.717, 1.165) is 45.4 Å². The van der Waals surface area contributed by atoms with E-state index in [1.54, 1.807) is 0 Å². The molecule has 110 valence electrons. The largest absolute Gasteiger partial charge is 0.481 e. The van der Waals surface area contributed by atoms with E-state index in [1.807, 2.05) is 0 Å². The van der Waals surface area contributed by atoms with Crippen LogP contribution < -0.4 is 0 Å². The van der Waals surface area contributed by atoms with Crippen molar-refractivity contribution in [1.82, 2.24) is 9.80 Å². The van der Waals surface area contributed by atoms with Crippen LogP contribution in [0, 0.1) is 5.41 Å². The second kappa shape index (κ2) is 5.80. The minimum Gasteiger partial charge on any atom is -0.481 e. The molecule has 2 rings (SSSR count). The van der Waals surface area contributed by atoms with E-state index < -0.39 is 11.4 Å². The Morgan fingerprint density at radius 1 is 1.42 bits per heavy atom. The monoisotopic (exact) mass is 268 g/mol. The van der Waals surface area contributed by atoms with Gasteiger partial charge in [-0.3, -0.25) is 14.6 Å². The van der Waals surface area contributed by atoms with Gasteiger partial charge in [-0.25, -0.2) is 0 Å². The number of carbonyl (C=O) groups is 1. The smallest absolute Gasteiger partial charge is 0.310 e. The molecule has 19 heavy (non-hydrogen) atoms. The van der Waals surface area contributed by atoms with E-state index in [4.69, 9.17) is 0 Å². The van der Waals surface area contributed by atoms with E-state index in [1.165, 1.54) is 6.42 Å². The third-order valence-electron chi connectivity index (χ3n) is 5.01. The number of nitrogens with zero attached hydrogens (tertiary/aromatic N) is 2. The van der Waals surface area contributed by atoms with Crippen molar-refractivity contribution < 1.29 is 9.90 Å². The zero-order valence-corrected chi connectivity index (χ0v) is 12.6. The molecule has 0 amide bonds. The molecular formula is C15H28N2O2. The molecule has 2 aliphatic rings. The standard InChI is InChI=1S/C15H28N2O2/c1-4-6-15(14(18)19)7-9-17(11-15)13-5-8-16(10-13)12(2)3/h12-13H,4-11H2,1-3H3,(H,18,19). The van der Waals surface area contributed by atoms with Gasteiger partial charge in [0.05, 0.1) is 5.41 Å². The molecule has 2 heterocycles. The summed E-state index contributed by atoms with van der Waals surface area (Å²) in [6.45, 7) is 10.6. The van der Waals surface area contributed by atoms with Gasteiger partial charge in [0.1, 0.15) is 0 Å². The lowest BCUT2D eigenvalue weighted by Gasteiger charge is -2.28. The Labute approximate surface area is 116 Å². The highest BCUT2D eigenvalue weighted by Gasteiger charge is 2.46. The highest BCUT2D eigenvalue weighted by Crippen LogP contribution is 2.37. The van der Waals surface area contributed by atoms with Crippen molar-refractivity contribution >= 4 is 5.97 Å². The first kappa shape index (κ1) is 14.8. The Hall–Kier alpha value is -0.610. The first-order valence-electron chi connectivity index (χ1n) is 7.70. The minimum atomic E-state index is -0.587. The molecule has 2 atom stereocenters. The highest BCUT2D eigenvalue weighted by atomic mass is 16.4. The van der Waals surface area contributed by atoms with Crippen molar-refractivity contribution in [3.63, 3.8) is 0 Å². The molecule has 2 saturated heterocycles. The summed E-state index contributed by atoms with van der Waals surface area (Å²) >= 11 is 0. The van der Waals surface area contributed by atoms with Crippen molar-refractivity contribution in [2.45, 2.75) is 58.5 Å². The van der Waals surface area contributed by atoms with Gasteiger partial charge >= 0.3 is 5.97 Å². The molecule has 0 radical (unpaired) electrons. The maximum atomic E-state index is 11.6. The summed E-state index contributed by atoms with van der Waals surface area (Å²) in [4.78, 5) is 16.6. The van der Waals surface area contributed by atoms with Crippen LogP contribution in [0.4, 0.5) is 0 Å². The fourth-order valence-electron chi connectivity index (χ4n) is 3.72. The van der Waals surface area contributed by atoms with Crippen LogP contribution in [0.5, 0.6) is 0 Å². The van der Waals surface area contributed by atoms with E-state index in [-0.39, 0.29) is 0 Å². The fraction of sp³-hybridized carbons (Fsp3) is 0.933. The molecule has 0 aromatic rings. The Kier molecular flexibility index (Phi) is 4.51. The maximum absolute atomic E-state index is 11.6. The van der Waals surface area contributed by atoms with Gasteiger partial charge in [0.15, 0.2) is 0 Å². The molecule has 0 spiro atoms. The Morgan fingerprint density at radius 3 is 2.68 bits per heavy atom. The van der Waals surface area contributed by atoms with Crippen molar-refractivity contribution in [3.8, 4) is 0 Å². The van der Waals surface area contributed by atoms with Crippen LogP contribution in [0.15, 0.2) is 0 Å². The molecule has 4 heteroatoms. The van der Waals surface area contributed by atoms with Crippen LogP contribution >= 0.6 is 0 Å². The summed E-state index contributed by atoms with van der Waals surface area (Å²) < 4.78 is 0. The van der Waals surface area contributed by atoms with Crippen molar-refractivity contribution in [3.05, 3.63) is 0 Å². The van der Waals surface area contributed by atoms with Crippen LogP contribution in [-0.4, -0.2) is 59.1 Å². The molecule has 2 unspecified atom stereocenters. The van der Waals surface area contributed by atoms with Gasteiger partial charge in [-0.2, -0.15) is 0 Å². The summed E-state index contributed by atoms with van der Waals surface area (Å²) in [7, 11) is 0. The average molecular weight is 268 g/mol. The molecule has 2 aliphatic heterocycles. The SMILES string of the molecule is CCCC1(C(=O)O)CCN(C2CCN(C(C)C)C2)C1. The zero-order chi connectivity index (χ0) is 14.0. The van der Waals surface area contributed by atoms with E-state index >= 15 is 0 Å². The van der Waals surface area contributed by atoms with Gasteiger partial charge in [-0.05, 0) is 39.7 Å². The minimum absolute atomic E-state index is 0.472. The summed E-state index contributed by atoms with van der Waals surface area (Å²) in [6.07, 6.45) is 3.80. The van der Waals surface area contributed by atoms with Crippen molar-refractivity contribution in [2.24, 2.45) is 5.41 Å². The maximum Gasteiger partial charge on any atom is 0.310 e. The Balaban J connectivity index is 1.96.